The summed E-state index contributed by atoms with van der Waals surface area (Å²) < 4.78 is 0. The second-order valence-electron chi connectivity index (χ2n) is 8.95. The van der Waals surface area contributed by atoms with Gasteiger partial charge in [0.1, 0.15) is 0 Å². The first-order valence-electron chi connectivity index (χ1n) is 10.0. The molecule has 2 nitrogen and oxygen atoms in total. The molecule has 0 radical (unpaired) electrons. The van der Waals surface area contributed by atoms with E-state index in [1.165, 1.54) is 83.4 Å². The third-order valence-corrected chi connectivity index (χ3v) is 6.25. The highest BCUT2D eigenvalue weighted by Crippen LogP contribution is 2.41. The SMILES string of the molecule is C=C(CCCN1CCC2(CC1)CCN(CC(C)C)CC2)C(C)C. The van der Waals surface area contributed by atoms with Gasteiger partial charge in [-0.2, -0.15) is 0 Å². The molecule has 2 fully saturated rings. The maximum Gasteiger partial charge on any atom is 0.000439 e. The van der Waals surface area contributed by atoms with Crippen LogP contribution in [0.25, 0.3) is 0 Å². The molecule has 2 aliphatic heterocycles. The standard InChI is InChI=1S/C21H40N2/c1-18(2)17-23-15-10-21(11-16-23)8-13-22(14-9-21)12-6-7-20(5)19(3)4/h18-19H,5-17H2,1-4H3. The van der Waals surface area contributed by atoms with Gasteiger partial charge in [-0.05, 0) is 88.5 Å². The number of rotatable bonds is 7. The first-order valence-corrected chi connectivity index (χ1v) is 10.0. The van der Waals surface area contributed by atoms with Crippen LogP contribution in [0.3, 0.4) is 0 Å². The number of likely N-dealkylation sites (tertiary alicyclic amines) is 2. The van der Waals surface area contributed by atoms with Crippen LogP contribution in [-0.2, 0) is 0 Å². The van der Waals surface area contributed by atoms with Gasteiger partial charge in [-0.25, -0.2) is 0 Å². The molecule has 0 aromatic heterocycles. The highest BCUT2D eigenvalue weighted by atomic mass is 15.2. The van der Waals surface area contributed by atoms with Crippen LogP contribution in [0.15, 0.2) is 12.2 Å². The van der Waals surface area contributed by atoms with E-state index in [0.717, 1.165) is 5.92 Å². The summed E-state index contributed by atoms with van der Waals surface area (Å²) in [7, 11) is 0. The lowest BCUT2D eigenvalue weighted by Crippen LogP contribution is -2.47. The molecule has 0 unspecified atom stereocenters. The quantitative estimate of drug-likeness (QED) is 0.621. The summed E-state index contributed by atoms with van der Waals surface area (Å²) in [6.45, 7) is 21.3. The zero-order valence-electron chi connectivity index (χ0n) is 16.2. The van der Waals surface area contributed by atoms with Gasteiger partial charge in [0.15, 0.2) is 0 Å². The van der Waals surface area contributed by atoms with E-state index in [9.17, 15) is 0 Å². The van der Waals surface area contributed by atoms with Gasteiger partial charge in [0, 0.05) is 6.54 Å². The molecule has 0 amide bonds. The van der Waals surface area contributed by atoms with Crippen LogP contribution in [-0.4, -0.2) is 49.1 Å². The second kappa shape index (κ2) is 8.67. The number of piperidine rings is 2. The summed E-state index contributed by atoms with van der Waals surface area (Å²) >= 11 is 0. The molecule has 0 aromatic rings. The van der Waals surface area contributed by atoms with E-state index >= 15 is 0 Å². The van der Waals surface area contributed by atoms with Crippen molar-refractivity contribution < 1.29 is 0 Å². The Balaban J connectivity index is 1.65. The highest BCUT2D eigenvalue weighted by molar-refractivity contribution is 4.97. The Morgan fingerprint density at radius 3 is 1.91 bits per heavy atom. The van der Waals surface area contributed by atoms with Crippen LogP contribution >= 0.6 is 0 Å². The predicted molar refractivity (Wildman–Crippen MR) is 102 cm³/mol. The molecule has 134 valence electrons. The summed E-state index contributed by atoms with van der Waals surface area (Å²) in [6.07, 6.45) is 8.27. The molecule has 23 heavy (non-hydrogen) atoms. The molecule has 0 aromatic carbocycles. The van der Waals surface area contributed by atoms with Crippen LogP contribution in [0, 0.1) is 17.3 Å². The average Bonchev–Trinajstić information content (AvgIpc) is 2.51. The second-order valence-corrected chi connectivity index (χ2v) is 8.95. The van der Waals surface area contributed by atoms with Gasteiger partial charge in [-0.3, -0.25) is 0 Å². The lowest BCUT2D eigenvalue weighted by molar-refractivity contribution is 0.0312. The van der Waals surface area contributed by atoms with E-state index in [0.29, 0.717) is 11.3 Å². The first-order chi connectivity index (χ1) is 10.9. The zero-order valence-corrected chi connectivity index (χ0v) is 16.2. The zero-order chi connectivity index (χ0) is 16.9. The molecule has 0 N–H and O–H groups in total. The van der Waals surface area contributed by atoms with Crippen molar-refractivity contribution in [3.05, 3.63) is 12.2 Å². The molecule has 2 saturated heterocycles. The molecule has 2 aliphatic rings. The molecule has 2 rings (SSSR count). The minimum absolute atomic E-state index is 0.649. The Bertz CT molecular complexity index is 354. The predicted octanol–water partition coefficient (Wildman–Crippen LogP) is 4.81. The Morgan fingerprint density at radius 1 is 0.913 bits per heavy atom. The van der Waals surface area contributed by atoms with Gasteiger partial charge >= 0.3 is 0 Å². The maximum absolute atomic E-state index is 4.21. The summed E-state index contributed by atoms with van der Waals surface area (Å²) in [5, 5.41) is 0. The fourth-order valence-electron chi connectivity index (χ4n) is 4.30. The normalized spacial score (nSPS) is 23.0. The molecule has 0 saturated carbocycles. The minimum atomic E-state index is 0.649. The van der Waals surface area contributed by atoms with Gasteiger partial charge in [-0.1, -0.05) is 39.8 Å². The molecule has 2 heteroatoms. The number of nitrogens with zero attached hydrogens (tertiary/aromatic N) is 2. The smallest absolute Gasteiger partial charge is 0.000439 e. The van der Waals surface area contributed by atoms with Crippen LogP contribution in [0.5, 0.6) is 0 Å². The fourth-order valence-corrected chi connectivity index (χ4v) is 4.30. The lowest BCUT2D eigenvalue weighted by atomic mass is 9.71. The summed E-state index contributed by atoms with van der Waals surface area (Å²) in [4.78, 5) is 5.40. The van der Waals surface area contributed by atoms with Crippen LogP contribution in [0.4, 0.5) is 0 Å². The van der Waals surface area contributed by atoms with Crippen molar-refractivity contribution >= 4 is 0 Å². The average molecular weight is 321 g/mol. The van der Waals surface area contributed by atoms with E-state index in [1.54, 1.807) is 0 Å². The van der Waals surface area contributed by atoms with Crippen molar-refractivity contribution in [2.45, 2.75) is 66.2 Å². The van der Waals surface area contributed by atoms with Crippen LogP contribution < -0.4 is 0 Å². The topological polar surface area (TPSA) is 6.48 Å². The van der Waals surface area contributed by atoms with Crippen molar-refractivity contribution in [2.24, 2.45) is 17.3 Å². The Morgan fingerprint density at radius 2 is 1.43 bits per heavy atom. The van der Waals surface area contributed by atoms with E-state index in [1.807, 2.05) is 0 Å². The fraction of sp³-hybridized carbons (Fsp3) is 0.905. The molecule has 0 atom stereocenters. The molecular formula is C21H40N2. The van der Waals surface area contributed by atoms with Crippen LogP contribution in [0.2, 0.25) is 0 Å². The molecule has 0 aliphatic carbocycles. The molecule has 2 heterocycles. The Hall–Kier alpha value is -0.340. The first kappa shape index (κ1) is 19.0. The minimum Gasteiger partial charge on any atom is -0.303 e. The number of allylic oxidation sites excluding steroid dienone is 1. The van der Waals surface area contributed by atoms with Crippen molar-refractivity contribution in [3.8, 4) is 0 Å². The van der Waals surface area contributed by atoms with Crippen LogP contribution in [0.1, 0.15) is 66.2 Å². The highest BCUT2D eigenvalue weighted by Gasteiger charge is 2.37. The van der Waals surface area contributed by atoms with Crippen molar-refractivity contribution in [2.75, 3.05) is 39.3 Å². The molecule has 0 bridgehead atoms. The van der Waals surface area contributed by atoms with Crippen molar-refractivity contribution in [1.82, 2.24) is 9.80 Å². The van der Waals surface area contributed by atoms with Gasteiger partial charge < -0.3 is 9.80 Å². The summed E-state index contributed by atoms with van der Waals surface area (Å²) in [6, 6.07) is 0. The summed E-state index contributed by atoms with van der Waals surface area (Å²) in [5.41, 5.74) is 2.11. The van der Waals surface area contributed by atoms with E-state index in [-0.39, 0.29) is 0 Å². The van der Waals surface area contributed by atoms with Gasteiger partial charge in [0.2, 0.25) is 0 Å². The third kappa shape index (κ3) is 5.90. The van der Waals surface area contributed by atoms with Crippen molar-refractivity contribution in [1.29, 1.82) is 0 Å². The number of hydrogen-bond donors (Lipinski definition) is 0. The van der Waals surface area contributed by atoms with E-state index < -0.39 is 0 Å². The van der Waals surface area contributed by atoms with Crippen molar-refractivity contribution in [3.63, 3.8) is 0 Å². The molecule has 1 spiro atoms. The van der Waals surface area contributed by atoms with E-state index in [2.05, 4.69) is 44.1 Å². The van der Waals surface area contributed by atoms with Gasteiger partial charge in [-0.15, -0.1) is 0 Å². The summed E-state index contributed by atoms with van der Waals surface area (Å²) in [5.74, 6) is 1.46. The lowest BCUT2D eigenvalue weighted by Gasteiger charge is -2.47. The largest absolute Gasteiger partial charge is 0.303 e. The third-order valence-electron chi connectivity index (χ3n) is 6.25. The number of hydrogen-bond acceptors (Lipinski definition) is 2. The Kier molecular flexibility index (Phi) is 7.16. The van der Waals surface area contributed by atoms with E-state index in [4.69, 9.17) is 0 Å². The van der Waals surface area contributed by atoms with Gasteiger partial charge in [0.05, 0.1) is 0 Å². The Labute approximate surface area is 145 Å². The monoisotopic (exact) mass is 320 g/mol. The molecular weight excluding hydrogens is 280 g/mol. The van der Waals surface area contributed by atoms with Gasteiger partial charge in [0.25, 0.3) is 0 Å². The maximum atomic E-state index is 4.21.